The lowest BCUT2D eigenvalue weighted by atomic mass is 10.1. The zero-order valence-corrected chi connectivity index (χ0v) is 13.3. The van der Waals surface area contributed by atoms with Gasteiger partial charge in [-0.1, -0.05) is 18.2 Å². The van der Waals surface area contributed by atoms with Crippen LogP contribution in [0.5, 0.6) is 0 Å². The van der Waals surface area contributed by atoms with Crippen LogP contribution < -0.4 is 0 Å². The molecule has 1 aliphatic rings. The van der Waals surface area contributed by atoms with Crippen molar-refractivity contribution in [3.05, 3.63) is 41.6 Å². The molecule has 1 aromatic carbocycles. The molecule has 0 saturated carbocycles. The molecule has 3 nitrogen and oxygen atoms in total. The Bertz CT molecular complexity index is 631. The summed E-state index contributed by atoms with van der Waals surface area (Å²) < 4.78 is 5.73. The maximum absolute atomic E-state index is 5.95. The molecule has 21 heavy (non-hydrogen) atoms. The molecule has 2 atom stereocenters. The van der Waals surface area contributed by atoms with Gasteiger partial charge in [0.05, 0.1) is 18.2 Å². The van der Waals surface area contributed by atoms with Gasteiger partial charge in [-0.25, -0.2) is 0 Å². The van der Waals surface area contributed by atoms with E-state index in [1.54, 1.807) is 0 Å². The second-order valence-electron chi connectivity index (χ2n) is 5.83. The van der Waals surface area contributed by atoms with Gasteiger partial charge in [0, 0.05) is 36.1 Å². The van der Waals surface area contributed by atoms with Crippen LogP contribution in [0.2, 0.25) is 0 Å². The molecule has 1 saturated heterocycles. The average molecular weight is 305 g/mol. The lowest BCUT2D eigenvalue weighted by Crippen LogP contribution is -2.48. The summed E-state index contributed by atoms with van der Waals surface area (Å²) in [6.45, 7) is 6.82. The van der Waals surface area contributed by atoms with Gasteiger partial charge in [0.2, 0.25) is 0 Å². The van der Waals surface area contributed by atoms with Crippen molar-refractivity contribution >= 4 is 22.5 Å². The van der Waals surface area contributed by atoms with Gasteiger partial charge < -0.3 is 4.74 Å². The number of pyridine rings is 1. The Morgan fingerprint density at radius 2 is 2.19 bits per heavy atom. The minimum Gasteiger partial charge on any atom is -0.374 e. The number of hydrogen-bond donors (Lipinski definition) is 0. The van der Waals surface area contributed by atoms with Gasteiger partial charge in [-0.3, -0.25) is 9.88 Å². The van der Waals surface area contributed by atoms with E-state index in [9.17, 15) is 0 Å². The Hall–Kier alpha value is -1.16. The molecule has 0 spiro atoms. The molecule has 0 aliphatic carbocycles. The lowest BCUT2D eigenvalue weighted by Gasteiger charge is -2.37. The number of aromatic nitrogens is 1. The van der Waals surface area contributed by atoms with Crippen molar-refractivity contribution in [2.75, 3.05) is 19.0 Å². The Kier molecular flexibility index (Phi) is 4.43. The summed E-state index contributed by atoms with van der Waals surface area (Å²) in [5.41, 5.74) is 3.47. The Labute approximate surface area is 130 Å². The third-order valence-corrected chi connectivity index (χ3v) is 4.45. The van der Waals surface area contributed by atoms with Crippen LogP contribution in [-0.4, -0.2) is 41.1 Å². The summed E-state index contributed by atoms with van der Waals surface area (Å²) in [6, 6.07) is 11.0. The van der Waals surface area contributed by atoms with Crippen LogP contribution >= 0.6 is 11.6 Å². The van der Waals surface area contributed by atoms with E-state index in [0.717, 1.165) is 30.9 Å². The molecule has 2 heterocycles. The molecule has 4 heteroatoms. The van der Waals surface area contributed by atoms with Crippen LogP contribution in [0.4, 0.5) is 0 Å². The van der Waals surface area contributed by atoms with E-state index in [4.69, 9.17) is 16.3 Å². The number of halogens is 1. The first-order valence-electron chi connectivity index (χ1n) is 7.44. The number of benzene rings is 1. The number of morpholine rings is 1. The maximum atomic E-state index is 5.95. The highest BCUT2D eigenvalue weighted by Crippen LogP contribution is 2.22. The second kappa shape index (κ2) is 6.30. The molecule has 1 aliphatic heterocycles. The molecule has 112 valence electrons. The largest absolute Gasteiger partial charge is 0.374 e. The molecular weight excluding hydrogens is 284 g/mol. The van der Waals surface area contributed by atoms with Crippen molar-refractivity contribution in [2.45, 2.75) is 32.5 Å². The van der Waals surface area contributed by atoms with E-state index in [2.05, 4.69) is 48.0 Å². The first-order valence-corrected chi connectivity index (χ1v) is 7.97. The van der Waals surface area contributed by atoms with Crippen molar-refractivity contribution in [3.63, 3.8) is 0 Å². The van der Waals surface area contributed by atoms with Crippen molar-refractivity contribution in [1.29, 1.82) is 0 Å². The molecular formula is C17H21ClN2O. The van der Waals surface area contributed by atoms with Gasteiger partial charge >= 0.3 is 0 Å². The molecule has 1 fully saturated rings. The molecule has 2 unspecified atom stereocenters. The zero-order valence-electron chi connectivity index (χ0n) is 12.6. The minimum atomic E-state index is 0.136. The maximum Gasteiger partial charge on any atom is 0.0838 e. The quantitative estimate of drug-likeness (QED) is 0.813. The highest BCUT2D eigenvalue weighted by molar-refractivity contribution is 6.18. The van der Waals surface area contributed by atoms with Crippen LogP contribution in [-0.2, 0) is 11.3 Å². The number of hydrogen-bond acceptors (Lipinski definition) is 3. The molecule has 0 N–H and O–H groups in total. The van der Waals surface area contributed by atoms with Gasteiger partial charge in [-0.15, -0.1) is 11.6 Å². The van der Waals surface area contributed by atoms with Crippen LogP contribution in [0.3, 0.4) is 0 Å². The number of alkyl halides is 1. The SMILES string of the molecule is Cc1cc(CN2CC(CCl)OCC2C)c2ccccc2n1. The predicted molar refractivity (Wildman–Crippen MR) is 86.8 cm³/mol. The molecule has 2 aromatic rings. The van der Waals surface area contributed by atoms with Crippen LogP contribution in [0, 0.1) is 6.92 Å². The fraction of sp³-hybridized carbons (Fsp3) is 0.471. The van der Waals surface area contributed by atoms with E-state index < -0.39 is 0 Å². The average Bonchev–Trinajstić information content (AvgIpc) is 2.49. The van der Waals surface area contributed by atoms with Gasteiger partial charge in [0.15, 0.2) is 0 Å². The van der Waals surface area contributed by atoms with Crippen molar-refractivity contribution in [3.8, 4) is 0 Å². The van der Waals surface area contributed by atoms with Crippen molar-refractivity contribution in [2.24, 2.45) is 0 Å². The highest BCUT2D eigenvalue weighted by Gasteiger charge is 2.25. The van der Waals surface area contributed by atoms with E-state index in [-0.39, 0.29) is 6.10 Å². The predicted octanol–water partition coefficient (Wildman–Crippen LogP) is 3.37. The van der Waals surface area contributed by atoms with Gasteiger partial charge in [-0.05, 0) is 31.5 Å². The monoisotopic (exact) mass is 304 g/mol. The van der Waals surface area contributed by atoms with E-state index in [1.807, 2.05) is 6.07 Å². The Morgan fingerprint density at radius 1 is 1.38 bits per heavy atom. The fourth-order valence-electron chi connectivity index (χ4n) is 2.93. The zero-order chi connectivity index (χ0) is 14.8. The highest BCUT2D eigenvalue weighted by atomic mass is 35.5. The number of nitrogens with zero attached hydrogens (tertiary/aromatic N) is 2. The molecule has 0 bridgehead atoms. The summed E-state index contributed by atoms with van der Waals surface area (Å²) in [7, 11) is 0. The van der Waals surface area contributed by atoms with E-state index in [1.165, 1.54) is 10.9 Å². The smallest absolute Gasteiger partial charge is 0.0838 e. The molecule has 0 amide bonds. The number of ether oxygens (including phenoxy) is 1. The van der Waals surface area contributed by atoms with Crippen molar-refractivity contribution < 1.29 is 4.74 Å². The molecule has 1 aromatic heterocycles. The van der Waals surface area contributed by atoms with E-state index >= 15 is 0 Å². The van der Waals surface area contributed by atoms with Crippen LogP contribution in [0.25, 0.3) is 10.9 Å². The number of aryl methyl sites for hydroxylation is 1. The topological polar surface area (TPSA) is 25.4 Å². The van der Waals surface area contributed by atoms with Crippen molar-refractivity contribution in [1.82, 2.24) is 9.88 Å². The number of para-hydroxylation sites is 1. The van der Waals surface area contributed by atoms with Gasteiger partial charge in [0.1, 0.15) is 0 Å². The second-order valence-corrected chi connectivity index (χ2v) is 6.14. The van der Waals surface area contributed by atoms with Crippen LogP contribution in [0.15, 0.2) is 30.3 Å². The Balaban J connectivity index is 1.90. The summed E-state index contributed by atoms with van der Waals surface area (Å²) in [5.74, 6) is 0.555. The first-order chi connectivity index (χ1) is 10.2. The number of rotatable bonds is 3. The Morgan fingerprint density at radius 3 is 3.00 bits per heavy atom. The summed E-state index contributed by atoms with van der Waals surface area (Å²) in [4.78, 5) is 7.07. The summed E-state index contributed by atoms with van der Waals surface area (Å²) in [6.07, 6.45) is 0.136. The molecule has 0 radical (unpaired) electrons. The molecule has 3 rings (SSSR count). The van der Waals surface area contributed by atoms with Gasteiger partial charge in [-0.2, -0.15) is 0 Å². The first kappa shape index (κ1) is 14.8. The fourth-order valence-corrected chi connectivity index (χ4v) is 3.12. The van der Waals surface area contributed by atoms with Crippen LogP contribution in [0.1, 0.15) is 18.2 Å². The summed E-state index contributed by atoms with van der Waals surface area (Å²) in [5, 5.41) is 1.24. The van der Waals surface area contributed by atoms with Gasteiger partial charge in [0.25, 0.3) is 0 Å². The van der Waals surface area contributed by atoms with E-state index in [0.29, 0.717) is 11.9 Å². The summed E-state index contributed by atoms with van der Waals surface area (Å²) >= 11 is 5.95. The number of fused-ring (bicyclic) bond motifs is 1. The normalized spacial score (nSPS) is 23.6. The third-order valence-electron chi connectivity index (χ3n) is 4.11. The third kappa shape index (κ3) is 3.20. The minimum absolute atomic E-state index is 0.136. The lowest BCUT2D eigenvalue weighted by molar-refractivity contribution is -0.0509. The standard InChI is InChI=1S/C17H21ClN2O/c1-12-7-14(16-5-3-4-6-17(16)19-12)9-20-10-15(8-18)21-11-13(20)2/h3-7,13,15H,8-11H2,1-2H3.